The molecule has 1 saturated heterocycles. The van der Waals surface area contributed by atoms with Crippen molar-refractivity contribution in [1.82, 2.24) is 10.2 Å². The Morgan fingerprint density at radius 3 is 2.53 bits per heavy atom. The summed E-state index contributed by atoms with van der Waals surface area (Å²) in [7, 11) is 0. The Kier molecular flexibility index (Phi) is 4.96. The number of nitrogens with one attached hydrogen (secondary N) is 1. The van der Waals surface area contributed by atoms with Gasteiger partial charge in [0.25, 0.3) is 0 Å². The van der Waals surface area contributed by atoms with Crippen molar-refractivity contribution < 1.29 is 14.7 Å². The second-order valence-corrected chi connectivity index (χ2v) is 6.19. The third-order valence-electron chi connectivity index (χ3n) is 4.21. The number of carbonyl (C=O) groups is 2. The Morgan fingerprint density at radius 1 is 1.47 bits per heavy atom. The second-order valence-electron chi connectivity index (χ2n) is 6.19. The summed E-state index contributed by atoms with van der Waals surface area (Å²) in [6, 6.07) is -0.956. The lowest BCUT2D eigenvalue weighted by Crippen LogP contribution is -2.54. The summed E-state index contributed by atoms with van der Waals surface area (Å²) in [6.07, 6.45) is 1.66. The molecule has 0 bridgehead atoms. The summed E-state index contributed by atoms with van der Waals surface area (Å²) in [4.78, 5) is 25.4. The summed E-state index contributed by atoms with van der Waals surface area (Å²) in [5.74, 6) is -0.835. The number of hydrogen-bond acceptors (Lipinski definition) is 3. The molecule has 5 heteroatoms. The lowest BCUT2D eigenvalue weighted by molar-refractivity contribution is -0.145. The fourth-order valence-corrected chi connectivity index (χ4v) is 2.47. The molecule has 19 heavy (non-hydrogen) atoms. The van der Waals surface area contributed by atoms with Crippen LogP contribution in [0.5, 0.6) is 0 Å². The zero-order chi connectivity index (χ0) is 14.8. The molecule has 0 aromatic carbocycles. The van der Waals surface area contributed by atoms with Gasteiger partial charge in [0.1, 0.15) is 6.04 Å². The van der Waals surface area contributed by atoms with E-state index in [9.17, 15) is 14.7 Å². The number of carboxylic acids is 1. The minimum atomic E-state index is -0.834. The molecule has 1 fully saturated rings. The summed E-state index contributed by atoms with van der Waals surface area (Å²) < 4.78 is 0. The Bertz CT molecular complexity index is 355. The third kappa shape index (κ3) is 3.69. The molecule has 1 amide bonds. The first kappa shape index (κ1) is 16.0. The standard InChI is InChI=1S/C14H26N2O3/c1-6-14(4,5)15-12(17)10(3)16-8-7-9(2)11(16)13(18)19/h9-11H,6-8H2,1-5H3,(H,15,17)(H,18,19). The molecule has 0 spiro atoms. The van der Waals surface area contributed by atoms with E-state index in [0.717, 1.165) is 12.8 Å². The van der Waals surface area contributed by atoms with Gasteiger partial charge in [0.15, 0.2) is 0 Å². The van der Waals surface area contributed by atoms with Gasteiger partial charge in [0.05, 0.1) is 6.04 Å². The van der Waals surface area contributed by atoms with Crippen LogP contribution in [0.25, 0.3) is 0 Å². The number of amides is 1. The quantitative estimate of drug-likeness (QED) is 0.794. The number of nitrogens with zero attached hydrogens (tertiary/aromatic N) is 1. The number of likely N-dealkylation sites (tertiary alicyclic amines) is 1. The van der Waals surface area contributed by atoms with Gasteiger partial charge in [-0.2, -0.15) is 0 Å². The van der Waals surface area contributed by atoms with Crippen LogP contribution in [0, 0.1) is 5.92 Å². The first-order valence-electron chi connectivity index (χ1n) is 7.00. The van der Waals surface area contributed by atoms with Gasteiger partial charge in [-0.05, 0) is 39.5 Å². The predicted octanol–water partition coefficient (Wildman–Crippen LogP) is 1.47. The zero-order valence-corrected chi connectivity index (χ0v) is 12.6. The van der Waals surface area contributed by atoms with Crippen LogP contribution < -0.4 is 5.32 Å². The fraction of sp³-hybridized carbons (Fsp3) is 0.857. The molecule has 1 rings (SSSR count). The van der Waals surface area contributed by atoms with E-state index in [2.05, 4.69) is 5.32 Å². The Labute approximate surface area is 115 Å². The number of carboxylic acid groups (broad SMARTS) is 1. The third-order valence-corrected chi connectivity index (χ3v) is 4.21. The SMILES string of the molecule is CCC(C)(C)NC(=O)C(C)N1CCC(C)C1C(=O)O. The van der Waals surface area contributed by atoms with Gasteiger partial charge in [-0.1, -0.05) is 13.8 Å². The van der Waals surface area contributed by atoms with Crippen molar-refractivity contribution in [3.8, 4) is 0 Å². The van der Waals surface area contributed by atoms with Crippen LogP contribution in [0.15, 0.2) is 0 Å². The first-order chi connectivity index (χ1) is 8.69. The first-order valence-corrected chi connectivity index (χ1v) is 7.00. The van der Waals surface area contributed by atoms with E-state index in [1.807, 2.05) is 27.7 Å². The molecule has 5 nitrogen and oxygen atoms in total. The minimum Gasteiger partial charge on any atom is -0.480 e. The van der Waals surface area contributed by atoms with E-state index in [1.54, 1.807) is 11.8 Å². The van der Waals surface area contributed by atoms with Crippen LogP contribution in [0.3, 0.4) is 0 Å². The highest BCUT2D eigenvalue weighted by molar-refractivity contribution is 5.83. The highest BCUT2D eigenvalue weighted by Crippen LogP contribution is 2.26. The van der Waals surface area contributed by atoms with Crippen molar-refractivity contribution >= 4 is 11.9 Å². The molecule has 0 aliphatic carbocycles. The average Bonchev–Trinajstić information content (AvgIpc) is 2.69. The zero-order valence-electron chi connectivity index (χ0n) is 12.6. The second kappa shape index (κ2) is 5.90. The summed E-state index contributed by atoms with van der Waals surface area (Å²) in [5.41, 5.74) is -0.255. The molecule has 1 heterocycles. The highest BCUT2D eigenvalue weighted by Gasteiger charge is 2.41. The lowest BCUT2D eigenvalue weighted by atomic mass is 10.0. The van der Waals surface area contributed by atoms with Crippen molar-refractivity contribution in [3.05, 3.63) is 0 Å². The summed E-state index contributed by atoms with van der Waals surface area (Å²) >= 11 is 0. The topological polar surface area (TPSA) is 69.6 Å². The molecule has 0 aromatic heterocycles. The normalized spacial score (nSPS) is 26.2. The van der Waals surface area contributed by atoms with E-state index >= 15 is 0 Å². The van der Waals surface area contributed by atoms with Gasteiger partial charge in [0, 0.05) is 12.1 Å². The largest absolute Gasteiger partial charge is 0.480 e. The molecule has 1 aliphatic rings. The molecule has 110 valence electrons. The van der Waals surface area contributed by atoms with Gasteiger partial charge >= 0.3 is 5.97 Å². The molecule has 0 saturated carbocycles. The maximum atomic E-state index is 12.2. The van der Waals surface area contributed by atoms with Crippen molar-refractivity contribution in [2.45, 2.75) is 65.1 Å². The lowest BCUT2D eigenvalue weighted by Gasteiger charge is -2.32. The van der Waals surface area contributed by atoms with Crippen LogP contribution >= 0.6 is 0 Å². The van der Waals surface area contributed by atoms with Crippen LogP contribution in [0.1, 0.15) is 47.5 Å². The van der Waals surface area contributed by atoms with Gasteiger partial charge in [-0.3, -0.25) is 14.5 Å². The number of carbonyl (C=O) groups excluding carboxylic acids is 1. The maximum Gasteiger partial charge on any atom is 0.321 e. The van der Waals surface area contributed by atoms with E-state index < -0.39 is 18.1 Å². The fourth-order valence-electron chi connectivity index (χ4n) is 2.47. The number of rotatable bonds is 5. The van der Waals surface area contributed by atoms with Crippen molar-refractivity contribution in [2.75, 3.05) is 6.54 Å². The Hall–Kier alpha value is -1.10. The van der Waals surface area contributed by atoms with E-state index in [1.165, 1.54) is 0 Å². The van der Waals surface area contributed by atoms with Crippen molar-refractivity contribution in [2.24, 2.45) is 5.92 Å². The Balaban J connectivity index is 2.74. The average molecular weight is 270 g/mol. The summed E-state index contributed by atoms with van der Waals surface area (Å²) in [5, 5.41) is 12.3. The van der Waals surface area contributed by atoms with Crippen molar-refractivity contribution in [3.63, 3.8) is 0 Å². The molecule has 2 N–H and O–H groups in total. The van der Waals surface area contributed by atoms with Gasteiger partial charge in [0.2, 0.25) is 5.91 Å². The molecule has 1 aliphatic heterocycles. The van der Waals surface area contributed by atoms with Crippen LogP contribution in [0.2, 0.25) is 0 Å². The Morgan fingerprint density at radius 2 is 2.05 bits per heavy atom. The van der Waals surface area contributed by atoms with Crippen molar-refractivity contribution in [1.29, 1.82) is 0 Å². The van der Waals surface area contributed by atoms with Gasteiger partial charge < -0.3 is 10.4 Å². The minimum absolute atomic E-state index is 0.0898. The molecule has 3 unspecified atom stereocenters. The van der Waals surface area contributed by atoms with Crippen LogP contribution in [0.4, 0.5) is 0 Å². The van der Waals surface area contributed by atoms with Gasteiger partial charge in [-0.15, -0.1) is 0 Å². The smallest absolute Gasteiger partial charge is 0.321 e. The van der Waals surface area contributed by atoms with Gasteiger partial charge in [-0.25, -0.2) is 0 Å². The monoisotopic (exact) mass is 270 g/mol. The van der Waals surface area contributed by atoms with Crippen LogP contribution in [-0.4, -0.2) is 46.1 Å². The number of aliphatic carboxylic acids is 1. The molecular weight excluding hydrogens is 244 g/mol. The molecule has 0 aromatic rings. The predicted molar refractivity (Wildman–Crippen MR) is 73.9 cm³/mol. The number of hydrogen-bond donors (Lipinski definition) is 2. The summed E-state index contributed by atoms with van der Waals surface area (Å²) in [6.45, 7) is 10.3. The van der Waals surface area contributed by atoms with E-state index in [-0.39, 0.29) is 17.4 Å². The van der Waals surface area contributed by atoms with Crippen LogP contribution in [-0.2, 0) is 9.59 Å². The molecule has 0 radical (unpaired) electrons. The molecule has 3 atom stereocenters. The van der Waals surface area contributed by atoms with E-state index in [4.69, 9.17) is 0 Å². The maximum absolute atomic E-state index is 12.2. The van der Waals surface area contributed by atoms with E-state index in [0.29, 0.717) is 6.54 Å². The molecular formula is C14H26N2O3. The highest BCUT2D eigenvalue weighted by atomic mass is 16.4.